The number of ketones is 2. The number of benzene rings is 3. The van der Waals surface area contributed by atoms with E-state index in [1.165, 1.54) is 31.2 Å². The molecule has 0 aromatic heterocycles. The summed E-state index contributed by atoms with van der Waals surface area (Å²) in [5, 5.41) is 6.08. The van der Waals surface area contributed by atoms with Crippen LogP contribution in [0.3, 0.4) is 0 Å². The van der Waals surface area contributed by atoms with Crippen molar-refractivity contribution in [2.45, 2.75) is 19.0 Å². The summed E-state index contributed by atoms with van der Waals surface area (Å²) in [7, 11) is 0. The molecule has 6 rings (SSSR count). The van der Waals surface area contributed by atoms with Crippen molar-refractivity contribution in [3.8, 4) is 0 Å². The van der Waals surface area contributed by atoms with Crippen LogP contribution in [-0.2, 0) is 9.59 Å². The number of carbonyl (C=O) groups excluding carboxylic acids is 4. The molecule has 178 valence electrons. The topological polar surface area (TPSA) is 87.1 Å². The molecule has 2 amide bonds. The number of fused-ring (bicyclic) bond motifs is 5. The van der Waals surface area contributed by atoms with Crippen LogP contribution < -0.4 is 4.90 Å². The monoisotopic (exact) mass is 481 g/mol. The number of amides is 2. The van der Waals surface area contributed by atoms with E-state index in [1.807, 2.05) is 24.3 Å². The summed E-state index contributed by atoms with van der Waals surface area (Å²) < 4.78 is 13.5. The Morgan fingerprint density at radius 3 is 2.17 bits per heavy atom. The summed E-state index contributed by atoms with van der Waals surface area (Å²) in [6.07, 6.45) is 1.63. The second-order valence-corrected chi connectivity index (χ2v) is 9.18. The molecule has 0 aliphatic carbocycles. The lowest BCUT2D eigenvalue weighted by Crippen LogP contribution is -2.44. The molecule has 3 aliphatic heterocycles. The average Bonchev–Trinajstić information content (AvgIpc) is 3.36. The molecule has 0 saturated carbocycles. The number of hydrogen-bond donors (Lipinski definition) is 0. The van der Waals surface area contributed by atoms with Gasteiger partial charge >= 0.3 is 0 Å². The lowest BCUT2D eigenvalue weighted by molar-refractivity contribution is -0.124. The van der Waals surface area contributed by atoms with Gasteiger partial charge < -0.3 is 0 Å². The SMILES string of the molecule is CC(=O)c1ccc(N2C(=O)[C@@H]3[C@H](C2=O)[C@H]2c4ccccc4C=NN2[C@@H]3C(=O)c2ccc(F)cc2)cc1. The number of rotatable bonds is 4. The van der Waals surface area contributed by atoms with Crippen LogP contribution in [0.1, 0.15) is 44.8 Å². The fraction of sp³-hybridized carbons (Fsp3) is 0.179. The largest absolute Gasteiger partial charge is 0.295 e. The van der Waals surface area contributed by atoms with Gasteiger partial charge in [-0.15, -0.1) is 0 Å². The summed E-state index contributed by atoms with van der Waals surface area (Å²) in [5.74, 6) is -3.74. The van der Waals surface area contributed by atoms with Crippen LogP contribution in [0.2, 0.25) is 0 Å². The normalized spacial score (nSPS) is 23.9. The molecule has 3 aliphatic rings. The van der Waals surface area contributed by atoms with Gasteiger partial charge in [-0.3, -0.25) is 24.2 Å². The number of imide groups is 1. The Bertz CT molecular complexity index is 1460. The van der Waals surface area contributed by atoms with Gasteiger partial charge in [0.2, 0.25) is 11.8 Å². The van der Waals surface area contributed by atoms with E-state index in [-0.39, 0.29) is 11.3 Å². The molecule has 0 unspecified atom stereocenters. The summed E-state index contributed by atoms with van der Waals surface area (Å²) >= 11 is 0. The van der Waals surface area contributed by atoms with Crippen LogP contribution in [0.25, 0.3) is 0 Å². The van der Waals surface area contributed by atoms with Crippen LogP contribution in [0.4, 0.5) is 10.1 Å². The fourth-order valence-electron chi connectivity index (χ4n) is 5.55. The number of hydrazone groups is 1. The van der Waals surface area contributed by atoms with Gasteiger partial charge in [-0.2, -0.15) is 5.10 Å². The van der Waals surface area contributed by atoms with Gasteiger partial charge in [-0.1, -0.05) is 24.3 Å². The first-order valence-corrected chi connectivity index (χ1v) is 11.6. The van der Waals surface area contributed by atoms with E-state index in [0.717, 1.165) is 16.0 Å². The first-order valence-electron chi connectivity index (χ1n) is 11.6. The molecular weight excluding hydrogens is 461 g/mol. The third kappa shape index (κ3) is 3.14. The highest BCUT2D eigenvalue weighted by Crippen LogP contribution is 2.53. The van der Waals surface area contributed by atoms with E-state index in [4.69, 9.17) is 0 Å². The van der Waals surface area contributed by atoms with Gasteiger partial charge in [0.05, 0.1) is 29.8 Å². The minimum Gasteiger partial charge on any atom is -0.295 e. The lowest BCUT2D eigenvalue weighted by Gasteiger charge is -2.33. The molecular formula is C28H20FN3O4. The predicted molar refractivity (Wildman–Crippen MR) is 129 cm³/mol. The van der Waals surface area contributed by atoms with E-state index in [1.54, 1.807) is 35.5 Å². The highest BCUT2D eigenvalue weighted by molar-refractivity contribution is 6.24. The van der Waals surface area contributed by atoms with Gasteiger partial charge in [-0.25, -0.2) is 9.29 Å². The molecule has 36 heavy (non-hydrogen) atoms. The molecule has 0 bridgehead atoms. The van der Waals surface area contributed by atoms with E-state index < -0.39 is 47.3 Å². The maximum atomic E-state index is 13.8. The maximum absolute atomic E-state index is 13.8. The molecule has 2 saturated heterocycles. The number of anilines is 1. The number of nitrogens with zero attached hydrogens (tertiary/aromatic N) is 3. The molecule has 3 aromatic carbocycles. The summed E-state index contributed by atoms with van der Waals surface area (Å²) in [6.45, 7) is 1.44. The average molecular weight is 481 g/mol. The number of carbonyl (C=O) groups is 4. The third-order valence-electron chi connectivity index (χ3n) is 7.22. The standard InChI is InChI=1S/C28H20FN3O4/c1-15(33)16-8-12-20(13-9-16)31-27(35)22-23(28(31)36)25(26(34)17-6-10-19(29)11-7-17)32-24(22)21-5-3-2-4-18(21)14-30-32/h2-14,22-25H,1H3/t22-,23+,24+,25-/m0/s1. The zero-order chi connectivity index (χ0) is 25.1. The molecule has 4 atom stereocenters. The van der Waals surface area contributed by atoms with Gasteiger partial charge in [0.1, 0.15) is 11.9 Å². The van der Waals surface area contributed by atoms with Crippen LogP contribution in [0.15, 0.2) is 77.9 Å². The van der Waals surface area contributed by atoms with Crippen molar-refractivity contribution in [2.24, 2.45) is 16.9 Å². The number of Topliss-reactive ketones (excluding diaryl/α,β-unsaturated/α-hetero) is 2. The lowest BCUT2D eigenvalue weighted by atomic mass is 9.83. The minimum atomic E-state index is -1.03. The molecule has 8 heteroatoms. The van der Waals surface area contributed by atoms with Crippen LogP contribution in [-0.4, -0.2) is 40.6 Å². The Morgan fingerprint density at radius 1 is 0.833 bits per heavy atom. The van der Waals surface area contributed by atoms with Crippen LogP contribution >= 0.6 is 0 Å². The van der Waals surface area contributed by atoms with E-state index in [9.17, 15) is 23.6 Å². The third-order valence-corrected chi connectivity index (χ3v) is 7.22. The molecule has 0 N–H and O–H groups in total. The Hall–Kier alpha value is -4.46. The predicted octanol–water partition coefficient (Wildman–Crippen LogP) is 3.79. The van der Waals surface area contributed by atoms with E-state index in [0.29, 0.717) is 11.3 Å². The Morgan fingerprint density at radius 2 is 1.47 bits per heavy atom. The van der Waals surface area contributed by atoms with Gasteiger partial charge in [0, 0.05) is 11.1 Å². The molecule has 7 nitrogen and oxygen atoms in total. The van der Waals surface area contributed by atoms with E-state index >= 15 is 0 Å². The fourth-order valence-corrected chi connectivity index (χ4v) is 5.55. The summed E-state index contributed by atoms with van der Waals surface area (Å²) in [5.41, 5.74) is 2.67. The van der Waals surface area contributed by atoms with Gasteiger partial charge in [0.15, 0.2) is 11.6 Å². The van der Waals surface area contributed by atoms with Crippen molar-refractivity contribution in [1.82, 2.24) is 5.01 Å². The van der Waals surface area contributed by atoms with Crippen molar-refractivity contribution in [2.75, 3.05) is 4.90 Å². The summed E-state index contributed by atoms with van der Waals surface area (Å²) in [6, 6.07) is 17.2. The van der Waals surface area contributed by atoms with Crippen molar-refractivity contribution < 1.29 is 23.6 Å². The quantitative estimate of drug-likeness (QED) is 0.418. The van der Waals surface area contributed by atoms with Gasteiger partial charge in [-0.05, 0) is 66.6 Å². The second kappa shape index (κ2) is 8.05. The van der Waals surface area contributed by atoms with Crippen molar-refractivity contribution in [3.05, 3.63) is 101 Å². The Kier molecular flexibility index (Phi) is 4.93. The van der Waals surface area contributed by atoms with Crippen molar-refractivity contribution in [1.29, 1.82) is 0 Å². The van der Waals surface area contributed by atoms with Crippen LogP contribution in [0.5, 0.6) is 0 Å². The smallest absolute Gasteiger partial charge is 0.240 e. The molecule has 2 fully saturated rings. The number of hydrogen-bond acceptors (Lipinski definition) is 6. The Balaban J connectivity index is 1.47. The van der Waals surface area contributed by atoms with Crippen molar-refractivity contribution in [3.63, 3.8) is 0 Å². The van der Waals surface area contributed by atoms with Crippen molar-refractivity contribution >= 4 is 35.3 Å². The minimum absolute atomic E-state index is 0.130. The molecule has 3 aromatic rings. The second-order valence-electron chi connectivity index (χ2n) is 9.18. The molecule has 3 heterocycles. The highest BCUT2D eigenvalue weighted by Gasteiger charge is 2.65. The first kappa shape index (κ1) is 22.0. The first-order chi connectivity index (χ1) is 17.4. The number of halogens is 1. The highest BCUT2D eigenvalue weighted by atomic mass is 19.1. The summed E-state index contributed by atoms with van der Waals surface area (Å²) in [4.78, 5) is 54.2. The molecule has 0 radical (unpaired) electrons. The van der Waals surface area contributed by atoms with E-state index in [2.05, 4.69) is 5.10 Å². The molecule has 0 spiro atoms. The Labute approximate surface area is 205 Å². The zero-order valence-electron chi connectivity index (χ0n) is 19.2. The zero-order valence-corrected chi connectivity index (χ0v) is 19.2. The maximum Gasteiger partial charge on any atom is 0.240 e. The van der Waals surface area contributed by atoms with Crippen LogP contribution in [0, 0.1) is 17.7 Å². The van der Waals surface area contributed by atoms with Gasteiger partial charge in [0.25, 0.3) is 0 Å².